The fraction of sp³-hybridized carbons (Fsp3) is 0.300. The van der Waals surface area contributed by atoms with Crippen LogP contribution in [0.25, 0.3) is 0 Å². The van der Waals surface area contributed by atoms with Gasteiger partial charge in [-0.25, -0.2) is 4.39 Å². The summed E-state index contributed by atoms with van der Waals surface area (Å²) in [6.45, 7) is 1.67. The second-order valence-electron chi connectivity index (χ2n) is 3.13. The van der Waals surface area contributed by atoms with Gasteiger partial charge in [0, 0.05) is 0 Å². The van der Waals surface area contributed by atoms with Gasteiger partial charge in [0.2, 0.25) is 0 Å². The predicted molar refractivity (Wildman–Crippen MR) is 53.7 cm³/mol. The van der Waals surface area contributed by atoms with Gasteiger partial charge in [0.25, 0.3) is 0 Å². The van der Waals surface area contributed by atoms with Gasteiger partial charge in [-0.2, -0.15) is 0 Å². The molecule has 0 heterocycles. The summed E-state index contributed by atoms with van der Waals surface area (Å²) in [5.41, 5.74) is 0.212. The van der Waals surface area contributed by atoms with Crippen LogP contribution in [0.2, 0.25) is 5.02 Å². The molecule has 0 saturated carbocycles. The molecule has 0 amide bonds. The van der Waals surface area contributed by atoms with Crippen molar-refractivity contribution < 1.29 is 19.4 Å². The molecule has 0 aliphatic heterocycles. The monoisotopic (exact) mass is 232 g/mol. The third-order valence-corrected chi connectivity index (χ3v) is 2.51. The Kier molecular flexibility index (Phi) is 3.52. The molecule has 1 aromatic rings. The minimum absolute atomic E-state index is 0.212. The standard InChI is InChI=1S/C10H10ClFO3/c1-2-6(10(14)15)5-3-7(12)9(11)8(13)4-5/h3-4,6,13H,2H2,1H3,(H,14,15). The average molecular weight is 233 g/mol. The summed E-state index contributed by atoms with van der Waals surface area (Å²) in [6.07, 6.45) is 0.315. The molecule has 0 bridgehead atoms. The second-order valence-corrected chi connectivity index (χ2v) is 3.51. The minimum Gasteiger partial charge on any atom is -0.506 e. The molecule has 0 aromatic heterocycles. The maximum atomic E-state index is 13.1. The van der Waals surface area contributed by atoms with E-state index in [1.165, 1.54) is 6.07 Å². The van der Waals surface area contributed by atoms with E-state index in [1.54, 1.807) is 6.92 Å². The largest absolute Gasteiger partial charge is 0.506 e. The van der Waals surface area contributed by atoms with Crippen molar-refractivity contribution in [2.24, 2.45) is 0 Å². The van der Waals surface area contributed by atoms with Crippen molar-refractivity contribution in [1.82, 2.24) is 0 Å². The fourth-order valence-electron chi connectivity index (χ4n) is 1.35. The van der Waals surface area contributed by atoms with E-state index >= 15 is 0 Å². The van der Waals surface area contributed by atoms with Crippen LogP contribution < -0.4 is 0 Å². The highest BCUT2D eigenvalue weighted by Gasteiger charge is 2.20. The average Bonchev–Trinajstić information content (AvgIpc) is 2.14. The number of carboxylic acids is 1. The van der Waals surface area contributed by atoms with Crippen LogP contribution in [0, 0.1) is 5.82 Å². The van der Waals surface area contributed by atoms with Gasteiger partial charge in [-0.05, 0) is 24.1 Å². The lowest BCUT2D eigenvalue weighted by Crippen LogP contribution is -2.10. The molecule has 1 unspecified atom stereocenters. The lowest BCUT2D eigenvalue weighted by molar-refractivity contribution is -0.138. The van der Waals surface area contributed by atoms with E-state index in [9.17, 15) is 14.3 Å². The van der Waals surface area contributed by atoms with E-state index in [4.69, 9.17) is 16.7 Å². The molecule has 0 radical (unpaired) electrons. The highest BCUT2D eigenvalue weighted by Crippen LogP contribution is 2.31. The van der Waals surface area contributed by atoms with Gasteiger partial charge in [0.1, 0.15) is 16.6 Å². The van der Waals surface area contributed by atoms with Gasteiger partial charge >= 0.3 is 5.97 Å². The number of benzene rings is 1. The zero-order valence-corrected chi connectivity index (χ0v) is 8.75. The van der Waals surface area contributed by atoms with E-state index in [2.05, 4.69) is 0 Å². The molecule has 0 saturated heterocycles. The van der Waals surface area contributed by atoms with Crippen LogP contribution in [0.4, 0.5) is 4.39 Å². The number of phenols is 1. The maximum Gasteiger partial charge on any atom is 0.310 e. The van der Waals surface area contributed by atoms with Crippen LogP contribution in [-0.2, 0) is 4.79 Å². The molecule has 0 aliphatic carbocycles. The Morgan fingerprint density at radius 1 is 1.60 bits per heavy atom. The quantitative estimate of drug-likeness (QED) is 0.843. The molecule has 0 spiro atoms. The molecular formula is C10H10ClFO3. The van der Waals surface area contributed by atoms with E-state index in [1.807, 2.05) is 0 Å². The van der Waals surface area contributed by atoms with Gasteiger partial charge in [0.15, 0.2) is 0 Å². The van der Waals surface area contributed by atoms with Gasteiger partial charge in [-0.3, -0.25) is 4.79 Å². The van der Waals surface area contributed by atoms with Crippen molar-refractivity contribution in [3.05, 3.63) is 28.5 Å². The molecule has 0 aliphatic rings. The number of aliphatic carboxylic acids is 1. The smallest absolute Gasteiger partial charge is 0.310 e. The zero-order chi connectivity index (χ0) is 11.6. The number of halogens is 2. The van der Waals surface area contributed by atoms with Crippen molar-refractivity contribution in [2.75, 3.05) is 0 Å². The minimum atomic E-state index is -1.06. The first-order valence-electron chi connectivity index (χ1n) is 4.38. The van der Waals surface area contributed by atoms with Crippen molar-refractivity contribution in [3.63, 3.8) is 0 Å². The molecule has 82 valence electrons. The maximum absolute atomic E-state index is 13.1. The summed E-state index contributed by atoms with van der Waals surface area (Å²) < 4.78 is 13.1. The van der Waals surface area contributed by atoms with E-state index in [0.717, 1.165) is 6.07 Å². The molecule has 5 heteroatoms. The predicted octanol–water partition coefficient (Wildman–Crippen LogP) is 2.76. The summed E-state index contributed by atoms with van der Waals surface area (Å²) in [5, 5.41) is 17.7. The molecule has 3 nitrogen and oxygen atoms in total. The number of aromatic hydroxyl groups is 1. The van der Waals surface area contributed by atoms with Crippen LogP contribution >= 0.6 is 11.6 Å². The third kappa shape index (κ3) is 2.39. The number of hydrogen-bond donors (Lipinski definition) is 2. The topological polar surface area (TPSA) is 57.5 Å². The molecule has 0 fully saturated rings. The van der Waals surface area contributed by atoms with E-state index in [0.29, 0.717) is 6.42 Å². The molecule has 2 N–H and O–H groups in total. The first-order chi connectivity index (χ1) is 6.97. The van der Waals surface area contributed by atoms with Crippen molar-refractivity contribution in [3.8, 4) is 5.75 Å². The normalized spacial score (nSPS) is 12.5. The Morgan fingerprint density at radius 2 is 2.20 bits per heavy atom. The molecule has 15 heavy (non-hydrogen) atoms. The lowest BCUT2D eigenvalue weighted by atomic mass is 9.96. The first kappa shape index (κ1) is 11.8. The SMILES string of the molecule is CCC(C(=O)O)c1cc(O)c(Cl)c(F)c1. The Morgan fingerprint density at radius 3 is 2.60 bits per heavy atom. The molecule has 1 aromatic carbocycles. The van der Waals surface area contributed by atoms with E-state index in [-0.39, 0.29) is 10.6 Å². The van der Waals surface area contributed by atoms with Gasteiger partial charge in [0.05, 0.1) is 5.92 Å². The van der Waals surface area contributed by atoms with E-state index < -0.39 is 23.5 Å². The fourth-order valence-corrected chi connectivity index (χ4v) is 1.46. The number of rotatable bonds is 3. The first-order valence-corrected chi connectivity index (χ1v) is 4.75. The molecule has 1 rings (SSSR count). The Hall–Kier alpha value is -1.29. The second kappa shape index (κ2) is 4.49. The Labute approximate surface area is 91.1 Å². The van der Waals surface area contributed by atoms with Gasteiger partial charge in [-0.15, -0.1) is 0 Å². The molecular weight excluding hydrogens is 223 g/mol. The van der Waals surface area contributed by atoms with Crippen molar-refractivity contribution in [2.45, 2.75) is 19.3 Å². The zero-order valence-electron chi connectivity index (χ0n) is 8.00. The molecule has 1 atom stereocenters. The van der Waals surface area contributed by atoms with Crippen LogP contribution in [-0.4, -0.2) is 16.2 Å². The summed E-state index contributed by atoms with van der Waals surface area (Å²) in [5.74, 6) is -3.14. The van der Waals surface area contributed by atoms with Crippen LogP contribution in [0.3, 0.4) is 0 Å². The Bertz CT molecular complexity index is 369. The third-order valence-electron chi connectivity index (χ3n) is 2.14. The van der Waals surface area contributed by atoms with Crippen molar-refractivity contribution >= 4 is 17.6 Å². The van der Waals surface area contributed by atoms with Gasteiger partial charge < -0.3 is 10.2 Å². The Balaban J connectivity index is 3.20. The highest BCUT2D eigenvalue weighted by molar-refractivity contribution is 6.32. The number of hydrogen-bond acceptors (Lipinski definition) is 2. The lowest BCUT2D eigenvalue weighted by Gasteiger charge is -2.11. The summed E-state index contributed by atoms with van der Waals surface area (Å²) >= 11 is 5.40. The van der Waals surface area contributed by atoms with Crippen molar-refractivity contribution in [1.29, 1.82) is 0 Å². The van der Waals surface area contributed by atoms with Crippen LogP contribution in [0.15, 0.2) is 12.1 Å². The summed E-state index contributed by atoms with van der Waals surface area (Å²) in [7, 11) is 0. The number of carbonyl (C=O) groups is 1. The highest BCUT2D eigenvalue weighted by atomic mass is 35.5. The van der Waals surface area contributed by atoms with Gasteiger partial charge in [-0.1, -0.05) is 18.5 Å². The van der Waals surface area contributed by atoms with Crippen LogP contribution in [0.5, 0.6) is 5.75 Å². The number of carboxylic acid groups (broad SMARTS) is 1. The summed E-state index contributed by atoms with van der Waals surface area (Å²) in [6, 6.07) is 2.21. The number of phenolic OH excluding ortho intramolecular Hbond substituents is 1. The summed E-state index contributed by atoms with van der Waals surface area (Å²) in [4.78, 5) is 10.8. The van der Waals surface area contributed by atoms with Crippen LogP contribution in [0.1, 0.15) is 24.8 Å².